The lowest BCUT2D eigenvalue weighted by Gasteiger charge is -2.25. The third kappa shape index (κ3) is 9.96. The molecule has 3 aromatic heterocycles. The van der Waals surface area contributed by atoms with Gasteiger partial charge in [0.1, 0.15) is 22.5 Å². The maximum Gasteiger partial charge on any atom is 0.434 e. The number of nitrogens with zero attached hydrogens (tertiary/aromatic N) is 3. The second kappa shape index (κ2) is 14.5. The lowest BCUT2D eigenvalue weighted by atomic mass is 10.0. The number of pyridine rings is 2. The fraction of sp³-hybridized carbons (Fsp3) is 0.414. The van der Waals surface area contributed by atoms with Gasteiger partial charge in [-0.1, -0.05) is 13.8 Å². The maximum absolute atomic E-state index is 13.3. The normalized spacial score (nSPS) is 12.3. The van der Waals surface area contributed by atoms with E-state index in [0.717, 1.165) is 16.7 Å². The topological polar surface area (TPSA) is 164 Å². The summed E-state index contributed by atoms with van der Waals surface area (Å²) < 4.78 is 45.2. The average Bonchev–Trinajstić information content (AvgIpc) is 3.45. The van der Waals surface area contributed by atoms with Crippen LogP contribution in [0.5, 0.6) is 0 Å². The number of halogens is 3. The number of hydrogen-bond acceptors (Lipinski definition) is 9. The molecule has 1 atom stereocenters. The number of ether oxygens (including phenoxy) is 1. The Hall–Kier alpha value is -4.60. The van der Waals surface area contributed by atoms with E-state index in [-0.39, 0.29) is 27.9 Å². The van der Waals surface area contributed by atoms with E-state index in [9.17, 15) is 32.3 Å². The van der Waals surface area contributed by atoms with E-state index in [1.54, 1.807) is 41.5 Å². The maximum atomic E-state index is 13.3. The molecule has 0 radical (unpaired) electrons. The number of ketones is 1. The number of Topliss-reactive ketones (excluding diaryl/α,β-unsaturated/α-hetero) is 1. The molecule has 45 heavy (non-hydrogen) atoms. The first-order chi connectivity index (χ1) is 21.0. The van der Waals surface area contributed by atoms with Gasteiger partial charge in [-0.15, -0.1) is 11.3 Å². The summed E-state index contributed by atoms with van der Waals surface area (Å²) in [7, 11) is 0. The standard InChI is InChI=1S/C29H34F3N7O5S/c1-7-34-26(42)38-22-9-18(25-37-21(14-45-25)29(30,31)32)19(12-35-22)16-8-17(11-33-10-16)20(40)13-36-24(41)23(15(2)3)39-27(43)44-28(4,5)6/h8-12,14-15,23H,7,13H2,1-6H3,(H,36,41)(H,39,43)(H2,34,35,38,42)/t23-/m0/s1. The van der Waals surface area contributed by atoms with Crippen LogP contribution in [-0.4, -0.2) is 63.5 Å². The first kappa shape index (κ1) is 34.9. The summed E-state index contributed by atoms with van der Waals surface area (Å²) >= 11 is 0.749. The van der Waals surface area contributed by atoms with Gasteiger partial charge in [0.2, 0.25) is 5.91 Å². The fourth-order valence-electron chi connectivity index (χ4n) is 3.87. The zero-order chi connectivity index (χ0) is 33.5. The van der Waals surface area contributed by atoms with Gasteiger partial charge < -0.3 is 20.7 Å². The lowest BCUT2D eigenvalue weighted by Crippen LogP contribution is -2.51. The summed E-state index contributed by atoms with van der Waals surface area (Å²) in [5.74, 6) is -1.38. The number of anilines is 1. The number of carbonyl (C=O) groups excluding carboxylic acids is 4. The first-order valence-electron chi connectivity index (χ1n) is 13.8. The molecule has 3 rings (SSSR count). The fourth-order valence-corrected chi connectivity index (χ4v) is 4.72. The number of alkyl halides is 3. The summed E-state index contributed by atoms with van der Waals surface area (Å²) in [4.78, 5) is 62.2. The van der Waals surface area contributed by atoms with Gasteiger partial charge in [-0.3, -0.25) is 19.9 Å². The molecular formula is C29H34F3N7O5S. The van der Waals surface area contributed by atoms with Gasteiger partial charge in [0.15, 0.2) is 11.5 Å². The molecule has 0 aliphatic carbocycles. The number of amides is 4. The van der Waals surface area contributed by atoms with Crippen molar-refractivity contribution in [3.05, 3.63) is 47.4 Å². The monoisotopic (exact) mass is 649 g/mol. The average molecular weight is 650 g/mol. The van der Waals surface area contributed by atoms with Crippen LogP contribution >= 0.6 is 11.3 Å². The molecule has 0 unspecified atom stereocenters. The zero-order valence-electron chi connectivity index (χ0n) is 25.5. The molecule has 16 heteroatoms. The Labute approximate surface area is 261 Å². The number of carbonyl (C=O) groups is 4. The largest absolute Gasteiger partial charge is 0.444 e. The van der Waals surface area contributed by atoms with Crippen molar-refractivity contribution >= 4 is 41.0 Å². The SMILES string of the molecule is CCNC(=O)Nc1cc(-c2nc(C(F)(F)F)cs2)c(-c2cncc(C(=O)CNC(=O)[C@@H](NC(=O)OC(C)(C)C)C(C)C)c2)cn1. The number of alkyl carbamates (subject to hydrolysis) is 1. The van der Waals surface area contributed by atoms with Crippen LogP contribution in [0.4, 0.5) is 28.6 Å². The van der Waals surface area contributed by atoms with E-state index in [0.29, 0.717) is 17.7 Å². The Morgan fingerprint density at radius 3 is 2.31 bits per heavy atom. The van der Waals surface area contributed by atoms with Crippen LogP contribution in [0.25, 0.3) is 21.7 Å². The third-order valence-electron chi connectivity index (χ3n) is 5.92. The summed E-state index contributed by atoms with van der Waals surface area (Å²) in [5, 5.41) is 11.0. The van der Waals surface area contributed by atoms with Crippen LogP contribution in [0.3, 0.4) is 0 Å². The molecule has 0 saturated heterocycles. The Morgan fingerprint density at radius 2 is 1.71 bits per heavy atom. The van der Waals surface area contributed by atoms with Crippen molar-refractivity contribution in [3.8, 4) is 21.7 Å². The van der Waals surface area contributed by atoms with E-state index in [1.165, 1.54) is 30.7 Å². The number of thiazole rings is 1. The molecule has 0 aromatic carbocycles. The van der Waals surface area contributed by atoms with Gasteiger partial charge in [-0.05, 0) is 45.7 Å². The number of aromatic nitrogens is 3. The second-order valence-electron chi connectivity index (χ2n) is 11.1. The lowest BCUT2D eigenvalue weighted by molar-refractivity contribution is -0.140. The van der Waals surface area contributed by atoms with Crippen molar-refractivity contribution < 1.29 is 37.1 Å². The summed E-state index contributed by atoms with van der Waals surface area (Å²) in [6.07, 6.45) is -1.45. The number of nitrogens with one attached hydrogen (secondary N) is 4. The molecule has 0 aliphatic rings. The molecule has 4 N–H and O–H groups in total. The van der Waals surface area contributed by atoms with E-state index in [2.05, 4.69) is 36.2 Å². The predicted octanol–water partition coefficient (Wildman–Crippen LogP) is 5.28. The zero-order valence-corrected chi connectivity index (χ0v) is 26.3. The molecule has 3 aromatic rings. The number of rotatable bonds is 10. The van der Waals surface area contributed by atoms with Gasteiger partial charge in [-0.25, -0.2) is 19.6 Å². The van der Waals surface area contributed by atoms with Crippen molar-refractivity contribution in [2.24, 2.45) is 5.92 Å². The Bertz CT molecular complexity index is 1550. The Kier molecular flexibility index (Phi) is 11.2. The minimum absolute atomic E-state index is 0.000109. The number of hydrogen-bond donors (Lipinski definition) is 4. The summed E-state index contributed by atoms with van der Waals surface area (Å²) in [6.45, 7) is 10.1. The van der Waals surface area contributed by atoms with Crippen LogP contribution < -0.4 is 21.3 Å². The number of urea groups is 1. The minimum atomic E-state index is -4.67. The molecular weight excluding hydrogens is 615 g/mol. The van der Waals surface area contributed by atoms with Gasteiger partial charge in [-0.2, -0.15) is 13.2 Å². The van der Waals surface area contributed by atoms with Crippen molar-refractivity contribution in [1.82, 2.24) is 30.9 Å². The van der Waals surface area contributed by atoms with Crippen LogP contribution in [0, 0.1) is 5.92 Å². The quantitative estimate of drug-likeness (QED) is 0.216. The van der Waals surface area contributed by atoms with Crippen LogP contribution in [-0.2, 0) is 15.7 Å². The summed E-state index contributed by atoms with van der Waals surface area (Å²) in [6, 6.07) is 1.30. The van der Waals surface area contributed by atoms with Gasteiger partial charge in [0.05, 0.1) is 6.54 Å². The minimum Gasteiger partial charge on any atom is -0.444 e. The van der Waals surface area contributed by atoms with Gasteiger partial charge in [0, 0.05) is 52.8 Å². The molecule has 3 heterocycles. The van der Waals surface area contributed by atoms with Gasteiger partial charge >= 0.3 is 18.3 Å². The molecule has 4 amide bonds. The van der Waals surface area contributed by atoms with Crippen LogP contribution in [0.1, 0.15) is 57.6 Å². The van der Waals surface area contributed by atoms with Crippen LogP contribution in [0.15, 0.2) is 36.1 Å². The predicted molar refractivity (Wildman–Crippen MR) is 162 cm³/mol. The summed E-state index contributed by atoms with van der Waals surface area (Å²) in [5.41, 5.74) is -0.917. The molecule has 242 valence electrons. The molecule has 0 bridgehead atoms. The highest BCUT2D eigenvalue weighted by atomic mass is 32.1. The Balaban J connectivity index is 1.86. The molecule has 0 aliphatic heterocycles. The third-order valence-corrected chi connectivity index (χ3v) is 6.80. The highest BCUT2D eigenvalue weighted by molar-refractivity contribution is 7.13. The van der Waals surface area contributed by atoms with Crippen molar-refractivity contribution in [2.75, 3.05) is 18.4 Å². The molecule has 12 nitrogen and oxygen atoms in total. The van der Waals surface area contributed by atoms with Crippen LogP contribution in [0.2, 0.25) is 0 Å². The van der Waals surface area contributed by atoms with Crippen molar-refractivity contribution in [3.63, 3.8) is 0 Å². The van der Waals surface area contributed by atoms with E-state index < -0.39 is 53.9 Å². The second-order valence-corrected chi connectivity index (χ2v) is 12.0. The molecule has 0 spiro atoms. The van der Waals surface area contributed by atoms with E-state index in [1.807, 2.05) is 0 Å². The van der Waals surface area contributed by atoms with Crippen molar-refractivity contribution in [1.29, 1.82) is 0 Å². The van der Waals surface area contributed by atoms with Gasteiger partial charge in [0.25, 0.3) is 0 Å². The highest BCUT2D eigenvalue weighted by Crippen LogP contribution is 2.38. The molecule has 0 fully saturated rings. The highest BCUT2D eigenvalue weighted by Gasteiger charge is 2.34. The van der Waals surface area contributed by atoms with E-state index >= 15 is 0 Å². The van der Waals surface area contributed by atoms with E-state index in [4.69, 9.17) is 4.74 Å². The molecule has 0 saturated carbocycles. The smallest absolute Gasteiger partial charge is 0.434 e. The van der Waals surface area contributed by atoms with Crippen molar-refractivity contribution in [2.45, 2.75) is 59.4 Å². The first-order valence-corrected chi connectivity index (χ1v) is 14.7. The Morgan fingerprint density at radius 1 is 1.00 bits per heavy atom.